The zero-order chi connectivity index (χ0) is 14.5. The molecule has 0 N–H and O–H groups in total. The summed E-state index contributed by atoms with van der Waals surface area (Å²) in [6, 6.07) is 3.89. The number of benzene rings is 1. The minimum absolute atomic E-state index is 0.0866. The first kappa shape index (κ1) is 15.4. The number of alkyl halides is 1. The van der Waals surface area contributed by atoms with Gasteiger partial charge in [-0.05, 0) is 36.6 Å². The lowest BCUT2D eigenvalue weighted by atomic mass is 9.98. The molecule has 2 atom stereocenters. The largest absolute Gasteiger partial charge is 0.493 e. The number of rotatable bonds is 5. The van der Waals surface area contributed by atoms with Gasteiger partial charge in [0.15, 0.2) is 11.5 Å². The van der Waals surface area contributed by atoms with Gasteiger partial charge >= 0.3 is 0 Å². The van der Waals surface area contributed by atoms with Gasteiger partial charge in [0.2, 0.25) is 0 Å². The molecule has 1 heterocycles. The molecular formula is C15H21ClO4. The van der Waals surface area contributed by atoms with Crippen LogP contribution in [-0.2, 0) is 9.47 Å². The SMILES string of the molecule is CCOCC1OCCC(Cl)c2cc(OC)c(OC)cc21. The Hall–Kier alpha value is -0.970. The van der Waals surface area contributed by atoms with Crippen LogP contribution in [0.25, 0.3) is 0 Å². The lowest BCUT2D eigenvalue weighted by molar-refractivity contribution is -0.0126. The van der Waals surface area contributed by atoms with E-state index in [1.807, 2.05) is 19.1 Å². The Morgan fingerprint density at radius 1 is 1.20 bits per heavy atom. The first-order valence-electron chi connectivity index (χ1n) is 6.80. The lowest BCUT2D eigenvalue weighted by Gasteiger charge is -2.20. The van der Waals surface area contributed by atoms with E-state index in [-0.39, 0.29) is 11.5 Å². The Morgan fingerprint density at radius 2 is 1.85 bits per heavy atom. The minimum atomic E-state index is -0.117. The summed E-state index contributed by atoms with van der Waals surface area (Å²) in [5.41, 5.74) is 2.06. The van der Waals surface area contributed by atoms with Crippen molar-refractivity contribution in [2.24, 2.45) is 0 Å². The highest BCUT2D eigenvalue weighted by Gasteiger charge is 2.26. The summed E-state index contributed by atoms with van der Waals surface area (Å²) in [4.78, 5) is 0. The van der Waals surface area contributed by atoms with Crippen LogP contribution in [0.2, 0.25) is 0 Å². The highest BCUT2D eigenvalue weighted by Crippen LogP contribution is 2.42. The zero-order valence-corrected chi connectivity index (χ0v) is 12.9. The van der Waals surface area contributed by atoms with Crippen LogP contribution in [-0.4, -0.2) is 34.0 Å². The summed E-state index contributed by atoms with van der Waals surface area (Å²) < 4.78 is 22.1. The van der Waals surface area contributed by atoms with Crippen LogP contribution in [0.3, 0.4) is 0 Å². The molecule has 0 amide bonds. The molecule has 0 aliphatic carbocycles. The monoisotopic (exact) mass is 300 g/mol. The van der Waals surface area contributed by atoms with Crippen molar-refractivity contribution in [2.75, 3.05) is 34.0 Å². The van der Waals surface area contributed by atoms with Gasteiger partial charge in [0.25, 0.3) is 0 Å². The molecule has 2 rings (SSSR count). The summed E-state index contributed by atoms with van der Waals surface area (Å²) in [6.45, 7) is 3.76. The molecule has 4 nitrogen and oxygen atoms in total. The van der Waals surface area contributed by atoms with E-state index < -0.39 is 0 Å². The fourth-order valence-corrected chi connectivity index (χ4v) is 2.66. The molecule has 1 aliphatic heterocycles. The number of hydrogen-bond acceptors (Lipinski definition) is 4. The maximum atomic E-state index is 6.46. The molecule has 0 aromatic heterocycles. The van der Waals surface area contributed by atoms with Gasteiger partial charge in [-0.3, -0.25) is 0 Å². The van der Waals surface area contributed by atoms with Crippen molar-refractivity contribution >= 4 is 11.6 Å². The van der Waals surface area contributed by atoms with Gasteiger partial charge < -0.3 is 18.9 Å². The standard InChI is InChI=1S/C15H21ClO4/c1-4-19-9-15-11-8-14(18-3)13(17-2)7-10(11)12(16)5-6-20-15/h7-8,12,15H,4-6,9H2,1-3H3. The average molecular weight is 301 g/mol. The van der Waals surface area contributed by atoms with E-state index in [2.05, 4.69) is 0 Å². The number of ether oxygens (including phenoxy) is 4. The van der Waals surface area contributed by atoms with E-state index in [1.54, 1.807) is 14.2 Å². The van der Waals surface area contributed by atoms with Crippen molar-refractivity contribution in [3.63, 3.8) is 0 Å². The molecule has 0 bridgehead atoms. The van der Waals surface area contributed by atoms with Crippen molar-refractivity contribution in [2.45, 2.75) is 24.8 Å². The molecule has 0 radical (unpaired) electrons. The second kappa shape index (κ2) is 7.16. The van der Waals surface area contributed by atoms with Crippen molar-refractivity contribution in [3.05, 3.63) is 23.3 Å². The highest BCUT2D eigenvalue weighted by molar-refractivity contribution is 6.21. The third-order valence-electron chi connectivity index (χ3n) is 3.44. The van der Waals surface area contributed by atoms with Crippen LogP contribution in [0.15, 0.2) is 12.1 Å². The second-order valence-corrected chi connectivity index (χ2v) is 5.14. The molecule has 0 saturated carbocycles. The van der Waals surface area contributed by atoms with Crippen LogP contribution in [0.5, 0.6) is 11.5 Å². The molecule has 112 valence electrons. The summed E-state index contributed by atoms with van der Waals surface area (Å²) in [5.74, 6) is 1.37. The van der Waals surface area contributed by atoms with Gasteiger partial charge in [-0.25, -0.2) is 0 Å². The van der Waals surface area contributed by atoms with Crippen molar-refractivity contribution in [1.82, 2.24) is 0 Å². The molecule has 2 unspecified atom stereocenters. The summed E-state index contributed by atoms with van der Waals surface area (Å²) in [5, 5.41) is -0.0866. The smallest absolute Gasteiger partial charge is 0.161 e. The van der Waals surface area contributed by atoms with Gasteiger partial charge in [-0.1, -0.05) is 0 Å². The fraction of sp³-hybridized carbons (Fsp3) is 0.600. The second-order valence-electron chi connectivity index (χ2n) is 4.61. The Morgan fingerprint density at radius 3 is 2.45 bits per heavy atom. The van der Waals surface area contributed by atoms with Gasteiger partial charge in [-0.2, -0.15) is 0 Å². The number of fused-ring (bicyclic) bond motifs is 1. The zero-order valence-electron chi connectivity index (χ0n) is 12.1. The van der Waals surface area contributed by atoms with Crippen LogP contribution in [0.1, 0.15) is 36.0 Å². The van der Waals surface area contributed by atoms with E-state index in [9.17, 15) is 0 Å². The van der Waals surface area contributed by atoms with E-state index in [0.29, 0.717) is 31.3 Å². The van der Waals surface area contributed by atoms with E-state index in [1.165, 1.54) is 0 Å². The quantitative estimate of drug-likeness (QED) is 0.780. The van der Waals surface area contributed by atoms with Crippen LogP contribution in [0, 0.1) is 0 Å². The Kier molecular flexibility index (Phi) is 5.52. The molecule has 1 aromatic rings. The van der Waals surface area contributed by atoms with Gasteiger partial charge in [0.05, 0.1) is 26.2 Å². The number of hydrogen-bond donors (Lipinski definition) is 0. The molecule has 5 heteroatoms. The average Bonchev–Trinajstić information content (AvgIpc) is 2.63. The predicted molar refractivity (Wildman–Crippen MR) is 77.9 cm³/mol. The maximum absolute atomic E-state index is 6.46. The maximum Gasteiger partial charge on any atom is 0.161 e. The molecule has 0 saturated heterocycles. The molecule has 0 spiro atoms. The predicted octanol–water partition coefficient (Wildman–Crippen LogP) is 3.48. The van der Waals surface area contributed by atoms with E-state index in [0.717, 1.165) is 17.5 Å². The van der Waals surface area contributed by atoms with Gasteiger partial charge in [0, 0.05) is 13.2 Å². The van der Waals surface area contributed by atoms with Crippen molar-refractivity contribution in [1.29, 1.82) is 0 Å². The molecule has 0 fully saturated rings. The molecule has 20 heavy (non-hydrogen) atoms. The topological polar surface area (TPSA) is 36.9 Å². The first-order chi connectivity index (χ1) is 9.71. The summed E-state index contributed by atoms with van der Waals surface area (Å²) in [6.07, 6.45) is 0.653. The van der Waals surface area contributed by atoms with Crippen molar-refractivity contribution in [3.8, 4) is 11.5 Å². The summed E-state index contributed by atoms with van der Waals surface area (Å²) in [7, 11) is 3.25. The third-order valence-corrected chi connectivity index (χ3v) is 3.89. The Labute approximate surface area is 124 Å². The summed E-state index contributed by atoms with van der Waals surface area (Å²) >= 11 is 6.46. The van der Waals surface area contributed by atoms with Gasteiger partial charge in [0.1, 0.15) is 6.10 Å². The fourth-order valence-electron chi connectivity index (χ4n) is 2.38. The van der Waals surface area contributed by atoms with Gasteiger partial charge in [-0.15, -0.1) is 11.6 Å². The molecule has 1 aliphatic rings. The normalized spacial score (nSPS) is 22.0. The third kappa shape index (κ3) is 3.19. The van der Waals surface area contributed by atoms with Crippen LogP contribution >= 0.6 is 11.6 Å². The highest BCUT2D eigenvalue weighted by atomic mass is 35.5. The first-order valence-corrected chi connectivity index (χ1v) is 7.24. The van der Waals surface area contributed by atoms with Crippen molar-refractivity contribution < 1.29 is 18.9 Å². The van der Waals surface area contributed by atoms with E-state index in [4.69, 9.17) is 30.5 Å². The Balaban J connectivity index is 2.42. The lowest BCUT2D eigenvalue weighted by Crippen LogP contribution is -2.12. The number of methoxy groups -OCH3 is 2. The molecule has 1 aromatic carbocycles. The molecular weight excluding hydrogens is 280 g/mol. The minimum Gasteiger partial charge on any atom is -0.493 e. The van der Waals surface area contributed by atoms with Crippen LogP contribution in [0.4, 0.5) is 0 Å². The Bertz CT molecular complexity index is 450. The number of halogens is 1. The van der Waals surface area contributed by atoms with E-state index >= 15 is 0 Å². The van der Waals surface area contributed by atoms with Crippen LogP contribution < -0.4 is 9.47 Å².